The van der Waals surface area contributed by atoms with E-state index in [-0.39, 0.29) is 103 Å². The first-order valence-electron chi connectivity index (χ1n) is 9.97. The van der Waals surface area contributed by atoms with E-state index in [1.807, 2.05) is 0 Å². The fraction of sp³-hybridized carbons (Fsp3) is 0. The Hall–Kier alpha value is -1.87. The van der Waals surface area contributed by atoms with Crippen LogP contribution in [0.4, 0.5) is 5.69 Å². The topological polar surface area (TPSA) is 222 Å². The van der Waals surface area contributed by atoms with Gasteiger partial charge in [0.25, 0.3) is 17.4 Å². The minimum Gasteiger partial charge on any atom is -0.744 e. The number of H-pyrrole nitrogens is 1. The molecule has 39 heavy (non-hydrogen) atoms. The number of anilines is 1. The van der Waals surface area contributed by atoms with Gasteiger partial charge in [-0.15, -0.1) is 0 Å². The van der Waals surface area contributed by atoms with Crippen LogP contribution >= 0.6 is 0 Å². The van der Waals surface area contributed by atoms with E-state index in [1.54, 1.807) is 0 Å². The Morgan fingerprint density at radius 1 is 0.821 bits per heavy atom. The van der Waals surface area contributed by atoms with Crippen LogP contribution < -0.4 is 96.9 Å². The molecule has 14 nitrogen and oxygen atoms in total. The number of hydrogen-bond acceptors (Lipinski definition) is 10. The van der Waals surface area contributed by atoms with E-state index in [0.717, 1.165) is 64.3 Å². The zero-order valence-corrected chi connectivity index (χ0v) is 26.9. The Bertz CT molecular complexity index is 1760. The second-order valence-electron chi connectivity index (χ2n) is 7.43. The van der Waals surface area contributed by atoms with Gasteiger partial charge in [-0.25, -0.2) is 26.5 Å². The van der Waals surface area contributed by atoms with E-state index in [1.165, 1.54) is 12.1 Å². The van der Waals surface area contributed by atoms with Gasteiger partial charge in [0.1, 0.15) is 31.4 Å². The van der Waals surface area contributed by atoms with Crippen LogP contribution in [0.3, 0.4) is 0 Å². The van der Waals surface area contributed by atoms with Crippen LogP contribution in [0.15, 0.2) is 80.8 Å². The Balaban J connectivity index is 0.00000267. The van der Waals surface area contributed by atoms with Crippen LogP contribution in [0, 0.1) is 0 Å². The van der Waals surface area contributed by atoms with Crippen LogP contribution in [0.25, 0.3) is 11.8 Å². The third kappa shape index (κ3) is 7.26. The van der Waals surface area contributed by atoms with Crippen molar-refractivity contribution in [2.75, 3.05) is 5.01 Å². The molecule has 3 N–H and O–H groups in total. The molecule has 2 heterocycles. The third-order valence-electron chi connectivity index (χ3n) is 5.10. The van der Waals surface area contributed by atoms with Gasteiger partial charge in [-0.2, -0.15) is 0 Å². The fourth-order valence-electron chi connectivity index (χ4n) is 3.30. The van der Waals surface area contributed by atoms with Crippen molar-refractivity contribution in [2.24, 2.45) is 0 Å². The number of carbonyl (C=O) groups is 2. The maximum Gasteiger partial charge on any atom is 1.00 e. The molecule has 0 spiro atoms. The van der Waals surface area contributed by atoms with Crippen molar-refractivity contribution < 1.29 is 122 Å². The molecule has 1 aromatic heterocycles. The van der Waals surface area contributed by atoms with Gasteiger partial charge >= 0.3 is 80.9 Å². The molecule has 0 aliphatic carbocycles. The first kappa shape index (κ1) is 33.3. The molecule has 2 amide bonds. The molecule has 1 saturated heterocycles. The molecule has 0 bridgehead atoms. The normalized spacial score (nSPS) is 14.8. The molecule has 3 aromatic rings. The van der Waals surface area contributed by atoms with Crippen molar-refractivity contribution in [1.82, 2.24) is 15.2 Å². The van der Waals surface area contributed by atoms with Gasteiger partial charge in [0, 0.05) is 0 Å². The quantitative estimate of drug-likeness (QED) is 0.104. The van der Waals surface area contributed by atoms with E-state index in [4.69, 9.17) is 0 Å². The maximum absolute atomic E-state index is 12.6. The fourth-order valence-corrected chi connectivity index (χ4v) is 4.24. The molecule has 1 aliphatic rings. The Labute approximate surface area is 285 Å². The van der Waals surface area contributed by atoms with E-state index in [9.17, 15) is 45.4 Å². The molecule has 0 saturated carbocycles. The molecule has 0 radical (unpaired) electrons. The van der Waals surface area contributed by atoms with Gasteiger partial charge in [-0.05, 0) is 60.7 Å². The predicted molar refractivity (Wildman–Crippen MR) is 123 cm³/mol. The average Bonchev–Trinajstić information content (AvgIpc) is 3.28. The first-order chi connectivity index (χ1) is 17.3. The summed E-state index contributed by atoms with van der Waals surface area (Å²) in [6.07, 6.45) is 3.36. The van der Waals surface area contributed by atoms with Crippen LogP contribution in [0.2, 0.25) is 0 Å². The first-order valence-corrected chi connectivity index (χ1v) is 12.8. The molecule has 1 fully saturated rings. The van der Waals surface area contributed by atoms with Crippen LogP contribution in [0.1, 0.15) is 5.56 Å². The van der Waals surface area contributed by atoms with E-state index >= 15 is 0 Å². The molecule has 18 heteroatoms. The molecular formula is C21H14KN4NaO10S2. The van der Waals surface area contributed by atoms with Crippen LogP contribution in [-0.4, -0.2) is 52.6 Å². The Morgan fingerprint density at radius 2 is 1.31 bits per heavy atom. The Kier molecular flexibility index (Phi) is 10.9. The predicted octanol–water partition coefficient (Wildman–Crippen LogP) is -6.29. The van der Waals surface area contributed by atoms with Crippen molar-refractivity contribution in [1.29, 1.82) is 0 Å². The molecular weight excluding hydrogens is 594 g/mol. The monoisotopic (exact) mass is 608 g/mol. The number of hydrogen-bond donors (Lipinski definition) is 3. The number of aromatic hydroxyl groups is 1. The molecule has 4 rings (SSSR count). The number of aromatic amines is 1. The summed E-state index contributed by atoms with van der Waals surface area (Å²) in [7, 11) is -9.38. The molecule has 1 aliphatic heterocycles. The summed E-state index contributed by atoms with van der Waals surface area (Å²) < 4.78 is 67.2. The molecule has 0 unspecified atom stereocenters. The van der Waals surface area contributed by atoms with E-state index in [0.29, 0.717) is 0 Å². The van der Waals surface area contributed by atoms with E-state index < -0.39 is 53.3 Å². The summed E-state index contributed by atoms with van der Waals surface area (Å²) in [5.41, 5.74) is 1.13. The summed E-state index contributed by atoms with van der Waals surface area (Å²) in [5, 5.41) is 13.6. The summed E-state index contributed by atoms with van der Waals surface area (Å²) in [6, 6.07) is 8.63. The zero-order valence-electron chi connectivity index (χ0n) is 20.2. The van der Waals surface area contributed by atoms with E-state index in [2.05, 4.69) is 10.5 Å². The number of aromatic nitrogens is 2. The van der Waals surface area contributed by atoms with Crippen molar-refractivity contribution in [2.45, 2.75) is 9.79 Å². The summed E-state index contributed by atoms with van der Waals surface area (Å²) >= 11 is 0. The average molecular weight is 609 g/mol. The largest absolute Gasteiger partial charge is 1.00 e. The standard InChI is InChI=1S/C21H16N4O10S2.K.Na/c26-18-16(20(28)24(22-18)12-4-8-14(9-5-12)36(30,31)32)2-1-3-17-19(27)23-25(21(17)29)13-6-10-15(11-7-13)37(33,34)35;;/h1-11,28H,(H,22,26)(H,23,27)(H,30,31,32)(H,33,34,35);;/q;2*+1/p-2. The number of hydrazine groups is 1. The van der Waals surface area contributed by atoms with Crippen LogP contribution in [0.5, 0.6) is 5.88 Å². The van der Waals surface area contributed by atoms with Gasteiger partial charge in [0.15, 0.2) is 0 Å². The second-order valence-corrected chi connectivity index (χ2v) is 10.2. The van der Waals surface area contributed by atoms with Crippen molar-refractivity contribution in [3.05, 3.63) is 82.2 Å². The van der Waals surface area contributed by atoms with Gasteiger partial charge in [0.2, 0.25) is 5.88 Å². The SMILES string of the molecule is O=C1NN(c2ccc(S(=O)(=O)[O-])cc2)C(=O)C1=CC=Cc1c(O)n(-c2ccc(S(=O)(=O)[O-])cc2)[nH]c1=O.[K+].[Na+]. The zero-order chi connectivity index (χ0) is 27.1. The van der Waals surface area contributed by atoms with Gasteiger partial charge in [-0.3, -0.25) is 24.9 Å². The minimum atomic E-state index is -4.70. The van der Waals surface area contributed by atoms with Gasteiger partial charge in [-0.1, -0.05) is 6.08 Å². The number of rotatable bonds is 6. The smallest absolute Gasteiger partial charge is 0.744 e. The summed E-state index contributed by atoms with van der Waals surface area (Å²) in [6.45, 7) is 0. The van der Waals surface area contributed by atoms with Gasteiger partial charge in [0.05, 0.1) is 21.2 Å². The number of allylic oxidation sites excluding steroid dienone is 2. The number of carbonyl (C=O) groups excluding carboxylic acids is 2. The molecule has 192 valence electrons. The van der Waals surface area contributed by atoms with Gasteiger partial charge < -0.3 is 14.2 Å². The molecule has 0 atom stereocenters. The third-order valence-corrected chi connectivity index (χ3v) is 6.79. The molecule has 2 aromatic carbocycles. The maximum atomic E-state index is 12.6. The van der Waals surface area contributed by atoms with Crippen LogP contribution in [-0.2, 0) is 29.8 Å². The second kappa shape index (κ2) is 12.8. The van der Waals surface area contributed by atoms with Crippen molar-refractivity contribution >= 4 is 43.8 Å². The minimum absolute atomic E-state index is 0. The summed E-state index contributed by atoms with van der Waals surface area (Å²) in [4.78, 5) is 36.1. The Morgan fingerprint density at radius 3 is 1.79 bits per heavy atom. The number of nitrogens with one attached hydrogen (secondary N) is 2. The van der Waals surface area contributed by atoms with Crippen molar-refractivity contribution in [3.63, 3.8) is 0 Å². The summed E-state index contributed by atoms with van der Waals surface area (Å²) in [5.74, 6) is -2.19. The number of nitrogens with zero attached hydrogens (tertiary/aromatic N) is 2. The number of benzene rings is 2. The van der Waals surface area contributed by atoms with Crippen molar-refractivity contribution in [3.8, 4) is 11.6 Å². The number of amides is 2.